The van der Waals surface area contributed by atoms with E-state index in [0.717, 1.165) is 18.4 Å². The smallest absolute Gasteiger partial charge is 0.255 e. The molecule has 8 nitrogen and oxygen atoms in total. The van der Waals surface area contributed by atoms with Crippen LogP contribution in [-0.2, 0) is 11.3 Å². The Bertz CT molecular complexity index is 1040. The van der Waals surface area contributed by atoms with Gasteiger partial charge in [-0.3, -0.25) is 15.0 Å². The Balaban J connectivity index is 1.67. The van der Waals surface area contributed by atoms with Crippen molar-refractivity contribution >= 4 is 17.5 Å². The molecule has 0 bridgehead atoms. The van der Waals surface area contributed by atoms with Gasteiger partial charge in [0.1, 0.15) is 17.1 Å². The van der Waals surface area contributed by atoms with Crippen molar-refractivity contribution < 1.29 is 14.3 Å². The third kappa shape index (κ3) is 5.46. The second-order valence-electron chi connectivity index (χ2n) is 7.88. The minimum absolute atomic E-state index is 0.0327. The van der Waals surface area contributed by atoms with Crippen LogP contribution in [0.5, 0.6) is 5.75 Å². The average molecular weight is 436 g/mol. The van der Waals surface area contributed by atoms with Crippen LogP contribution in [0.3, 0.4) is 0 Å². The van der Waals surface area contributed by atoms with Crippen molar-refractivity contribution in [3.8, 4) is 5.75 Å². The van der Waals surface area contributed by atoms with E-state index in [0.29, 0.717) is 29.3 Å². The minimum atomic E-state index is -0.754. The zero-order valence-electron chi connectivity index (χ0n) is 18.3. The van der Waals surface area contributed by atoms with E-state index in [1.54, 1.807) is 48.5 Å². The van der Waals surface area contributed by atoms with Gasteiger partial charge in [0, 0.05) is 18.2 Å². The van der Waals surface area contributed by atoms with Crippen molar-refractivity contribution in [2.45, 2.75) is 32.4 Å². The molecule has 1 aliphatic rings. The van der Waals surface area contributed by atoms with Gasteiger partial charge in [0.15, 0.2) is 0 Å². The number of carbonyl (C=O) groups is 2. The summed E-state index contributed by atoms with van der Waals surface area (Å²) in [4.78, 5) is 24.4. The standard InChI is InChI=1S/C24H29N5O3/c1-14(16-11-12-16)29-22(26)20(23(27)30)21(25)17-9-7-15(8-10-17)13-28-24(31)18-5-3-4-6-19(18)32-2/h3-10,14,16,25,29H,11-13,26H2,1-2H3,(H2,27,30)(H,28,31)/b22-20+,25-21?. The van der Waals surface area contributed by atoms with E-state index >= 15 is 0 Å². The number of benzene rings is 2. The Hall–Kier alpha value is -3.81. The molecule has 0 radical (unpaired) electrons. The first-order valence-electron chi connectivity index (χ1n) is 10.5. The molecule has 32 heavy (non-hydrogen) atoms. The summed E-state index contributed by atoms with van der Waals surface area (Å²) >= 11 is 0. The lowest BCUT2D eigenvalue weighted by Crippen LogP contribution is -2.36. The largest absolute Gasteiger partial charge is 0.496 e. The van der Waals surface area contributed by atoms with Gasteiger partial charge in [-0.05, 0) is 43.4 Å². The number of ether oxygens (including phenoxy) is 1. The number of hydrogen-bond acceptors (Lipinski definition) is 6. The molecule has 3 rings (SSSR count). The molecule has 7 N–H and O–H groups in total. The van der Waals surface area contributed by atoms with Gasteiger partial charge in [0.05, 0.1) is 18.4 Å². The second kappa shape index (κ2) is 10.00. The molecule has 0 aliphatic heterocycles. The van der Waals surface area contributed by atoms with Crippen LogP contribution < -0.4 is 26.8 Å². The molecule has 0 aromatic heterocycles. The van der Waals surface area contributed by atoms with E-state index in [2.05, 4.69) is 10.6 Å². The highest BCUT2D eigenvalue weighted by atomic mass is 16.5. The van der Waals surface area contributed by atoms with E-state index in [4.69, 9.17) is 21.6 Å². The molecule has 1 fully saturated rings. The summed E-state index contributed by atoms with van der Waals surface area (Å²) in [6, 6.07) is 14.1. The lowest BCUT2D eigenvalue weighted by Gasteiger charge is -2.18. The van der Waals surface area contributed by atoms with Gasteiger partial charge in [0.25, 0.3) is 11.8 Å². The molecular formula is C24H29N5O3. The third-order valence-electron chi connectivity index (χ3n) is 5.53. The fraction of sp³-hybridized carbons (Fsp3) is 0.292. The van der Waals surface area contributed by atoms with Crippen LogP contribution in [0.15, 0.2) is 59.9 Å². The zero-order chi connectivity index (χ0) is 23.3. The molecule has 0 heterocycles. The molecule has 1 atom stereocenters. The summed E-state index contributed by atoms with van der Waals surface area (Å²) < 4.78 is 5.22. The van der Waals surface area contributed by atoms with Crippen LogP contribution >= 0.6 is 0 Å². The Kier molecular flexibility index (Phi) is 7.14. The normalized spacial score (nSPS) is 14.7. The summed E-state index contributed by atoms with van der Waals surface area (Å²) in [6.07, 6.45) is 2.25. The van der Waals surface area contributed by atoms with E-state index in [9.17, 15) is 9.59 Å². The fourth-order valence-corrected chi connectivity index (χ4v) is 3.47. The number of rotatable bonds is 10. The second-order valence-corrected chi connectivity index (χ2v) is 7.88. The molecule has 1 unspecified atom stereocenters. The molecule has 8 heteroatoms. The van der Waals surface area contributed by atoms with Crippen LogP contribution in [0.1, 0.15) is 41.3 Å². The van der Waals surface area contributed by atoms with Crippen LogP contribution in [0.4, 0.5) is 0 Å². The van der Waals surface area contributed by atoms with Gasteiger partial charge < -0.3 is 26.8 Å². The Morgan fingerprint density at radius 2 is 1.78 bits per heavy atom. The van der Waals surface area contributed by atoms with Crippen LogP contribution in [0.25, 0.3) is 0 Å². The monoisotopic (exact) mass is 435 g/mol. The summed E-state index contributed by atoms with van der Waals surface area (Å²) in [5, 5.41) is 14.4. The van der Waals surface area contributed by atoms with Crippen molar-refractivity contribution in [2.75, 3.05) is 7.11 Å². The average Bonchev–Trinajstić information content (AvgIpc) is 3.63. The molecule has 1 saturated carbocycles. The molecule has 2 amide bonds. The molecule has 2 aromatic rings. The maximum Gasteiger partial charge on any atom is 0.255 e. The Labute approximate surface area is 187 Å². The predicted molar refractivity (Wildman–Crippen MR) is 123 cm³/mol. The van der Waals surface area contributed by atoms with E-state index in [-0.39, 0.29) is 29.1 Å². The quantitative estimate of drug-likeness (QED) is 0.287. The van der Waals surface area contributed by atoms with Gasteiger partial charge in [-0.15, -0.1) is 0 Å². The number of amides is 2. The number of nitrogens with two attached hydrogens (primary N) is 2. The molecule has 0 spiro atoms. The number of methoxy groups -OCH3 is 1. The van der Waals surface area contributed by atoms with Crippen molar-refractivity contribution in [3.63, 3.8) is 0 Å². The molecular weight excluding hydrogens is 406 g/mol. The fourth-order valence-electron chi connectivity index (χ4n) is 3.47. The van der Waals surface area contributed by atoms with Gasteiger partial charge in [-0.2, -0.15) is 0 Å². The van der Waals surface area contributed by atoms with Crippen LogP contribution in [-0.4, -0.2) is 30.7 Å². The first-order valence-corrected chi connectivity index (χ1v) is 10.5. The van der Waals surface area contributed by atoms with Gasteiger partial charge in [-0.1, -0.05) is 36.4 Å². The maximum atomic E-state index is 12.4. The SMILES string of the molecule is COc1ccccc1C(=O)NCc1ccc(C(=N)/C(C(N)=O)=C(/N)NC(C)C2CC2)cc1. The van der Waals surface area contributed by atoms with E-state index in [1.807, 2.05) is 6.92 Å². The number of carbonyl (C=O) groups excluding carboxylic acids is 2. The van der Waals surface area contributed by atoms with Crippen molar-refractivity contribution in [3.05, 3.63) is 76.6 Å². The number of hydrogen-bond donors (Lipinski definition) is 5. The first-order chi connectivity index (χ1) is 15.3. The number of para-hydroxylation sites is 1. The van der Waals surface area contributed by atoms with Gasteiger partial charge in [-0.25, -0.2) is 0 Å². The molecule has 2 aromatic carbocycles. The van der Waals surface area contributed by atoms with E-state index < -0.39 is 5.91 Å². The van der Waals surface area contributed by atoms with Gasteiger partial charge >= 0.3 is 0 Å². The van der Waals surface area contributed by atoms with E-state index in [1.165, 1.54) is 7.11 Å². The van der Waals surface area contributed by atoms with Crippen molar-refractivity contribution in [2.24, 2.45) is 17.4 Å². The Morgan fingerprint density at radius 3 is 2.38 bits per heavy atom. The lowest BCUT2D eigenvalue weighted by molar-refractivity contribution is -0.114. The van der Waals surface area contributed by atoms with Crippen LogP contribution in [0.2, 0.25) is 0 Å². The highest BCUT2D eigenvalue weighted by molar-refractivity contribution is 6.26. The lowest BCUT2D eigenvalue weighted by atomic mass is 10.00. The summed E-state index contributed by atoms with van der Waals surface area (Å²) in [5.74, 6) is 0.150. The zero-order valence-corrected chi connectivity index (χ0v) is 18.3. The summed E-state index contributed by atoms with van der Waals surface area (Å²) in [5.41, 5.74) is 13.3. The summed E-state index contributed by atoms with van der Waals surface area (Å²) in [6.45, 7) is 2.30. The summed E-state index contributed by atoms with van der Waals surface area (Å²) in [7, 11) is 1.52. The molecule has 168 valence electrons. The van der Waals surface area contributed by atoms with Crippen LogP contribution in [0, 0.1) is 11.3 Å². The topological polar surface area (TPSA) is 143 Å². The maximum absolute atomic E-state index is 12.4. The number of nitrogens with one attached hydrogen (secondary N) is 3. The Morgan fingerprint density at radius 1 is 1.12 bits per heavy atom. The van der Waals surface area contributed by atoms with Crippen molar-refractivity contribution in [1.82, 2.24) is 10.6 Å². The highest BCUT2D eigenvalue weighted by Crippen LogP contribution is 2.32. The molecule has 0 saturated heterocycles. The predicted octanol–water partition coefficient (Wildman–Crippen LogP) is 2.04. The first kappa shape index (κ1) is 22.9. The third-order valence-corrected chi connectivity index (χ3v) is 5.53. The van der Waals surface area contributed by atoms with Gasteiger partial charge in [0.2, 0.25) is 0 Å². The highest BCUT2D eigenvalue weighted by Gasteiger charge is 2.29. The number of primary amides is 1. The minimum Gasteiger partial charge on any atom is -0.496 e. The van der Waals surface area contributed by atoms with Crippen molar-refractivity contribution in [1.29, 1.82) is 5.41 Å². The molecule has 1 aliphatic carbocycles.